The van der Waals surface area contributed by atoms with Crippen LogP contribution in [0.3, 0.4) is 0 Å². The molecule has 6 heteroatoms. The molecule has 2 saturated carbocycles. The fourth-order valence-electron chi connectivity index (χ4n) is 3.94. The topological polar surface area (TPSA) is 87.8 Å². The number of aliphatic imine (C=N–C) groups is 1. The van der Waals surface area contributed by atoms with Gasteiger partial charge in [-0.15, -0.1) is 0 Å². The van der Waals surface area contributed by atoms with Gasteiger partial charge in [-0.1, -0.05) is 12.2 Å². The number of hydrogen-bond acceptors (Lipinski definition) is 3. The minimum absolute atomic E-state index is 0.00854. The number of imide groups is 1. The number of amides is 2. The van der Waals surface area contributed by atoms with Crippen molar-refractivity contribution in [2.75, 3.05) is 13.1 Å². The Hall–Kier alpha value is -1.85. The summed E-state index contributed by atoms with van der Waals surface area (Å²) in [4.78, 5) is 30.5. The Morgan fingerprint density at radius 2 is 1.86 bits per heavy atom. The highest BCUT2D eigenvalue weighted by Crippen LogP contribution is 2.52. The molecule has 6 nitrogen and oxygen atoms in total. The van der Waals surface area contributed by atoms with E-state index in [1.807, 2.05) is 0 Å². The van der Waals surface area contributed by atoms with Gasteiger partial charge in [0.15, 0.2) is 5.96 Å². The van der Waals surface area contributed by atoms with Gasteiger partial charge < -0.3 is 11.1 Å². The quantitative estimate of drug-likeness (QED) is 0.326. The van der Waals surface area contributed by atoms with Crippen molar-refractivity contribution in [3.63, 3.8) is 0 Å². The average molecular weight is 288 g/mol. The van der Waals surface area contributed by atoms with Gasteiger partial charge in [-0.3, -0.25) is 19.5 Å². The fourth-order valence-corrected chi connectivity index (χ4v) is 3.94. The molecule has 4 unspecified atom stereocenters. The van der Waals surface area contributed by atoms with Gasteiger partial charge in [0.25, 0.3) is 0 Å². The van der Waals surface area contributed by atoms with E-state index in [0.717, 1.165) is 19.3 Å². The molecule has 112 valence electrons. The summed E-state index contributed by atoms with van der Waals surface area (Å²) in [5.74, 6) is 0.713. The number of carbonyl (C=O) groups excluding carboxylic acids is 2. The monoisotopic (exact) mass is 288 g/mol. The van der Waals surface area contributed by atoms with Gasteiger partial charge in [0.05, 0.1) is 18.4 Å². The number of likely N-dealkylation sites (tertiary alicyclic amines) is 1. The van der Waals surface area contributed by atoms with E-state index in [2.05, 4.69) is 22.5 Å². The predicted octanol–water partition coefficient (Wildman–Crippen LogP) is -0.140. The van der Waals surface area contributed by atoms with Gasteiger partial charge in [-0.2, -0.15) is 0 Å². The lowest BCUT2D eigenvalue weighted by molar-refractivity contribution is -0.140. The van der Waals surface area contributed by atoms with E-state index >= 15 is 0 Å². The number of carbonyl (C=O) groups is 2. The predicted molar refractivity (Wildman–Crippen MR) is 77.1 cm³/mol. The van der Waals surface area contributed by atoms with Gasteiger partial charge in [-0.05, 0) is 31.1 Å². The second-order valence-corrected chi connectivity index (χ2v) is 6.51. The van der Waals surface area contributed by atoms with Crippen LogP contribution < -0.4 is 11.1 Å². The molecule has 21 heavy (non-hydrogen) atoms. The maximum absolute atomic E-state index is 12.4. The molecule has 2 bridgehead atoms. The lowest BCUT2D eigenvalue weighted by atomic mass is 9.85. The van der Waals surface area contributed by atoms with Crippen LogP contribution in [0.4, 0.5) is 0 Å². The third-order valence-corrected chi connectivity index (χ3v) is 5.10. The molecule has 0 aromatic heterocycles. The van der Waals surface area contributed by atoms with Gasteiger partial charge in [-0.25, -0.2) is 0 Å². The highest BCUT2D eigenvalue weighted by molar-refractivity contribution is 6.06. The van der Waals surface area contributed by atoms with Gasteiger partial charge in [0.2, 0.25) is 11.8 Å². The van der Waals surface area contributed by atoms with Crippen LogP contribution in [0.5, 0.6) is 0 Å². The molecular formula is C15H20N4O2. The molecular weight excluding hydrogens is 268 g/mol. The molecule has 0 aromatic rings. The largest absolute Gasteiger partial charge is 0.370 e. The van der Waals surface area contributed by atoms with E-state index in [9.17, 15) is 9.59 Å². The number of guanidine groups is 1. The number of nitrogens with zero attached hydrogens (tertiary/aromatic N) is 2. The first-order valence-electron chi connectivity index (χ1n) is 7.75. The van der Waals surface area contributed by atoms with E-state index in [0.29, 0.717) is 25.1 Å². The van der Waals surface area contributed by atoms with Crippen molar-refractivity contribution in [3.05, 3.63) is 12.2 Å². The number of hydrogen-bond donors (Lipinski definition) is 2. The number of nitrogens with two attached hydrogens (primary N) is 1. The molecule has 0 spiro atoms. The van der Waals surface area contributed by atoms with Crippen LogP contribution in [0.25, 0.3) is 0 Å². The minimum Gasteiger partial charge on any atom is -0.370 e. The minimum atomic E-state index is -0.113. The Labute approximate surface area is 123 Å². The van der Waals surface area contributed by atoms with Crippen LogP contribution in [0, 0.1) is 23.7 Å². The molecule has 2 amide bonds. The lowest BCUT2D eigenvalue weighted by Crippen LogP contribution is -2.37. The molecule has 3 N–H and O–H groups in total. The zero-order valence-electron chi connectivity index (χ0n) is 11.9. The van der Waals surface area contributed by atoms with Crippen molar-refractivity contribution in [2.24, 2.45) is 34.4 Å². The van der Waals surface area contributed by atoms with E-state index in [4.69, 9.17) is 5.73 Å². The summed E-state index contributed by atoms with van der Waals surface area (Å²) in [6, 6.07) is 0.463. The zero-order valence-corrected chi connectivity index (χ0v) is 11.9. The Kier molecular flexibility index (Phi) is 2.80. The van der Waals surface area contributed by atoms with Gasteiger partial charge in [0.1, 0.15) is 0 Å². The Morgan fingerprint density at radius 1 is 1.24 bits per heavy atom. The van der Waals surface area contributed by atoms with E-state index in [1.54, 1.807) is 0 Å². The molecule has 0 aromatic carbocycles. The van der Waals surface area contributed by atoms with Gasteiger partial charge in [0, 0.05) is 12.6 Å². The second-order valence-electron chi connectivity index (χ2n) is 6.51. The third-order valence-electron chi connectivity index (χ3n) is 5.10. The Balaban J connectivity index is 1.38. The summed E-state index contributed by atoms with van der Waals surface area (Å²) in [6.45, 7) is 0.725. The maximum atomic E-state index is 12.4. The number of fused-ring (bicyclic) bond motifs is 5. The van der Waals surface area contributed by atoms with Crippen LogP contribution in [-0.2, 0) is 9.59 Å². The molecule has 1 saturated heterocycles. The SMILES string of the molecule is NC(=NCCN1C(=O)C2C3C=CC(C3)C2C1=O)NC1CC1. The van der Waals surface area contributed by atoms with Gasteiger partial charge >= 0.3 is 0 Å². The summed E-state index contributed by atoms with van der Waals surface area (Å²) in [5.41, 5.74) is 5.76. The van der Waals surface area contributed by atoms with Crippen LogP contribution in [-0.4, -0.2) is 41.8 Å². The number of allylic oxidation sites excluding steroid dienone is 2. The second kappa shape index (κ2) is 4.58. The van der Waals surface area contributed by atoms with Crippen molar-refractivity contribution in [3.8, 4) is 0 Å². The Bertz CT molecular complexity index is 522. The summed E-state index contributed by atoms with van der Waals surface area (Å²) in [5, 5.41) is 3.10. The standard InChI is InChI=1S/C15H20N4O2/c16-15(18-10-3-4-10)17-5-6-19-13(20)11-8-1-2-9(7-8)12(11)14(19)21/h1-2,8-12H,3-7H2,(H3,16,17,18). The van der Waals surface area contributed by atoms with Crippen LogP contribution in [0.15, 0.2) is 17.1 Å². The van der Waals surface area contributed by atoms with Crippen molar-refractivity contribution in [1.29, 1.82) is 0 Å². The average Bonchev–Trinajstić information content (AvgIpc) is 2.95. The van der Waals surface area contributed by atoms with E-state index < -0.39 is 0 Å². The van der Waals surface area contributed by atoms with Crippen molar-refractivity contribution in [2.45, 2.75) is 25.3 Å². The van der Waals surface area contributed by atoms with Crippen LogP contribution in [0.1, 0.15) is 19.3 Å². The Morgan fingerprint density at radius 3 is 2.43 bits per heavy atom. The normalized spacial score (nSPS) is 37.5. The summed E-state index contributed by atoms with van der Waals surface area (Å²) in [7, 11) is 0. The maximum Gasteiger partial charge on any atom is 0.233 e. The van der Waals surface area contributed by atoms with E-state index in [1.165, 1.54) is 4.90 Å². The summed E-state index contributed by atoms with van der Waals surface area (Å²) in [6.07, 6.45) is 7.46. The van der Waals surface area contributed by atoms with E-state index in [-0.39, 0.29) is 35.5 Å². The first kappa shape index (κ1) is 12.9. The molecule has 1 aliphatic heterocycles. The molecule has 4 aliphatic rings. The highest BCUT2D eigenvalue weighted by Gasteiger charge is 2.58. The van der Waals surface area contributed by atoms with Crippen LogP contribution >= 0.6 is 0 Å². The molecule has 0 radical (unpaired) electrons. The first-order valence-corrected chi connectivity index (χ1v) is 7.75. The number of rotatable bonds is 4. The summed E-state index contributed by atoms with van der Waals surface area (Å²) < 4.78 is 0. The van der Waals surface area contributed by atoms with Crippen molar-refractivity contribution < 1.29 is 9.59 Å². The molecule has 4 atom stereocenters. The van der Waals surface area contributed by atoms with Crippen molar-refractivity contribution >= 4 is 17.8 Å². The van der Waals surface area contributed by atoms with Crippen LogP contribution in [0.2, 0.25) is 0 Å². The summed E-state index contributed by atoms with van der Waals surface area (Å²) >= 11 is 0. The molecule has 3 aliphatic carbocycles. The fraction of sp³-hybridized carbons (Fsp3) is 0.667. The first-order chi connectivity index (χ1) is 10.1. The highest BCUT2D eigenvalue weighted by atomic mass is 16.2. The lowest BCUT2D eigenvalue weighted by Gasteiger charge is -2.16. The number of nitrogens with one attached hydrogen (secondary N) is 1. The van der Waals surface area contributed by atoms with Crippen molar-refractivity contribution in [1.82, 2.24) is 10.2 Å². The third kappa shape index (κ3) is 2.04. The molecule has 4 rings (SSSR count). The molecule has 3 fully saturated rings. The zero-order chi connectivity index (χ0) is 14.6. The molecule has 1 heterocycles. The smallest absolute Gasteiger partial charge is 0.233 e.